The first kappa shape index (κ1) is 20.0. The Labute approximate surface area is 157 Å². The Morgan fingerprint density at radius 3 is 2.37 bits per heavy atom. The van der Waals surface area contributed by atoms with E-state index in [1.807, 2.05) is 45.0 Å². The summed E-state index contributed by atoms with van der Waals surface area (Å²) >= 11 is 0. The number of hydrogen-bond donors (Lipinski definition) is 2. The van der Waals surface area contributed by atoms with Gasteiger partial charge in [-0.15, -0.1) is 0 Å². The average Bonchev–Trinajstić information content (AvgIpc) is 2.61. The molecule has 0 aliphatic rings. The van der Waals surface area contributed by atoms with Crippen molar-refractivity contribution in [3.63, 3.8) is 0 Å². The summed E-state index contributed by atoms with van der Waals surface area (Å²) in [6.07, 6.45) is 0. The highest BCUT2D eigenvalue weighted by Gasteiger charge is 2.12. The SMILES string of the molecule is Cc1ccc(NC(=O)NC(=O)COC(=O)COc2ccccc2C)c(C)c1. The molecule has 0 fully saturated rings. The number of rotatable bonds is 6. The number of imide groups is 1. The molecule has 0 bridgehead atoms. The fraction of sp³-hybridized carbons (Fsp3) is 0.250. The van der Waals surface area contributed by atoms with Crippen LogP contribution in [0.3, 0.4) is 0 Å². The maximum Gasteiger partial charge on any atom is 0.344 e. The highest BCUT2D eigenvalue weighted by Crippen LogP contribution is 2.16. The third-order valence-corrected chi connectivity index (χ3v) is 3.69. The van der Waals surface area contributed by atoms with Crippen molar-refractivity contribution in [3.8, 4) is 5.75 Å². The second kappa shape index (κ2) is 9.38. The molecule has 0 heterocycles. The van der Waals surface area contributed by atoms with Crippen LogP contribution in [0.5, 0.6) is 5.75 Å². The number of anilines is 1. The number of para-hydroxylation sites is 1. The molecule has 0 aliphatic heterocycles. The first-order chi connectivity index (χ1) is 12.8. The molecule has 2 aromatic rings. The van der Waals surface area contributed by atoms with Gasteiger partial charge in [-0.25, -0.2) is 9.59 Å². The predicted molar refractivity (Wildman–Crippen MR) is 101 cm³/mol. The van der Waals surface area contributed by atoms with Gasteiger partial charge in [-0.2, -0.15) is 0 Å². The first-order valence-corrected chi connectivity index (χ1v) is 8.37. The monoisotopic (exact) mass is 370 g/mol. The van der Waals surface area contributed by atoms with E-state index < -0.39 is 24.5 Å². The Hall–Kier alpha value is -3.35. The molecular weight excluding hydrogens is 348 g/mol. The Morgan fingerprint density at radius 2 is 1.67 bits per heavy atom. The molecular formula is C20H22N2O5. The molecule has 0 saturated carbocycles. The largest absolute Gasteiger partial charge is 0.482 e. The number of carbonyl (C=O) groups excluding carboxylic acids is 3. The van der Waals surface area contributed by atoms with Crippen molar-refractivity contribution in [1.29, 1.82) is 0 Å². The van der Waals surface area contributed by atoms with Gasteiger partial charge >= 0.3 is 12.0 Å². The Morgan fingerprint density at radius 1 is 0.926 bits per heavy atom. The van der Waals surface area contributed by atoms with Crippen LogP contribution in [0.4, 0.5) is 10.5 Å². The van der Waals surface area contributed by atoms with Gasteiger partial charge in [0.2, 0.25) is 0 Å². The molecule has 2 rings (SSSR count). The summed E-state index contributed by atoms with van der Waals surface area (Å²) in [4.78, 5) is 35.2. The number of aryl methyl sites for hydroxylation is 3. The molecule has 3 amide bonds. The van der Waals surface area contributed by atoms with Crippen molar-refractivity contribution in [1.82, 2.24) is 5.32 Å². The second-order valence-corrected chi connectivity index (χ2v) is 6.04. The molecule has 2 aromatic carbocycles. The minimum absolute atomic E-state index is 0.326. The van der Waals surface area contributed by atoms with E-state index in [4.69, 9.17) is 9.47 Å². The molecule has 0 unspecified atom stereocenters. The number of benzene rings is 2. The summed E-state index contributed by atoms with van der Waals surface area (Å²) < 4.78 is 10.1. The van der Waals surface area contributed by atoms with Gasteiger partial charge in [-0.3, -0.25) is 10.1 Å². The van der Waals surface area contributed by atoms with Crippen LogP contribution in [0.15, 0.2) is 42.5 Å². The third kappa shape index (κ3) is 6.47. The molecule has 0 spiro atoms. The number of amides is 3. The van der Waals surface area contributed by atoms with Crippen LogP contribution < -0.4 is 15.4 Å². The quantitative estimate of drug-likeness (QED) is 0.763. The van der Waals surface area contributed by atoms with E-state index in [0.29, 0.717) is 11.4 Å². The first-order valence-electron chi connectivity index (χ1n) is 8.37. The van der Waals surface area contributed by atoms with E-state index in [9.17, 15) is 14.4 Å². The molecule has 0 saturated heterocycles. The van der Waals surface area contributed by atoms with Crippen molar-refractivity contribution >= 4 is 23.6 Å². The van der Waals surface area contributed by atoms with E-state index in [2.05, 4.69) is 10.6 Å². The molecule has 27 heavy (non-hydrogen) atoms. The zero-order valence-electron chi connectivity index (χ0n) is 15.5. The summed E-state index contributed by atoms with van der Waals surface area (Å²) in [6, 6.07) is 12.0. The van der Waals surface area contributed by atoms with Crippen molar-refractivity contribution in [2.24, 2.45) is 0 Å². The summed E-state index contributed by atoms with van der Waals surface area (Å²) in [7, 11) is 0. The van der Waals surface area contributed by atoms with Gasteiger partial charge in [-0.1, -0.05) is 35.9 Å². The molecule has 142 valence electrons. The Bertz CT molecular complexity index is 848. The molecule has 2 N–H and O–H groups in total. The van der Waals surface area contributed by atoms with Crippen LogP contribution >= 0.6 is 0 Å². The van der Waals surface area contributed by atoms with Crippen molar-refractivity contribution in [2.75, 3.05) is 18.5 Å². The highest BCUT2D eigenvalue weighted by atomic mass is 16.6. The van der Waals surface area contributed by atoms with Gasteiger partial charge in [0.25, 0.3) is 5.91 Å². The second-order valence-electron chi connectivity index (χ2n) is 6.04. The third-order valence-electron chi connectivity index (χ3n) is 3.69. The van der Waals surface area contributed by atoms with E-state index in [1.165, 1.54) is 0 Å². The van der Waals surface area contributed by atoms with E-state index in [-0.39, 0.29) is 6.61 Å². The van der Waals surface area contributed by atoms with Crippen molar-refractivity contribution in [3.05, 3.63) is 59.2 Å². The number of ether oxygens (including phenoxy) is 2. The minimum atomic E-state index is -0.735. The summed E-state index contributed by atoms with van der Waals surface area (Å²) in [6.45, 7) is 4.74. The number of nitrogens with one attached hydrogen (secondary N) is 2. The van der Waals surface area contributed by atoms with Gasteiger partial charge < -0.3 is 14.8 Å². The molecule has 0 aromatic heterocycles. The van der Waals surface area contributed by atoms with Crippen molar-refractivity contribution < 1.29 is 23.9 Å². The standard InChI is InChI=1S/C20H22N2O5/c1-13-8-9-16(15(3)10-13)21-20(25)22-18(23)11-27-19(24)12-26-17-7-5-4-6-14(17)2/h4-10H,11-12H2,1-3H3,(H2,21,22,23,25). The molecule has 0 atom stereocenters. The summed E-state index contributed by atoms with van der Waals surface area (Å²) in [5.74, 6) is -0.878. The predicted octanol–water partition coefficient (Wildman–Crippen LogP) is 2.88. The van der Waals surface area contributed by atoms with E-state index in [1.54, 1.807) is 18.2 Å². The van der Waals surface area contributed by atoms with Gasteiger partial charge in [0.05, 0.1) is 0 Å². The Kier molecular flexibility index (Phi) is 6.93. The lowest BCUT2D eigenvalue weighted by molar-refractivity contribution is -0.150. The fourth-order valence-electron chi connectivity index (χ4n) is 2.31. The minimum Gasteiger partial charge on any atom is -0.482 e. The van der Waals surface area contributed by atoms with Crippen molar-refractivity contribution in [2.45, 2.75) is 20.8 Å². The van der Waals surface area contributed by atoms with Gasteiger partial charge in [0.15, 0.2) is 13.2 Å². The summed E-state index contributed by atoms with van der Waals surface area (Å²) in [5.41, 5.74) is 3.41. The number of esters is 1. The molecule has 7 nitrogen and oxygen atoms in total. The van der Waals surface area contributed by atoms with Crippen LogP contribution in [-0.4, -0.2) is 31.1 Å². The smallest absolute Gasteiger partial charge is 0.344 e. The normalized spacial score (nSPS) is 10.0. The van der Waals surface area contributed by atoms with Crippen LogP contribution in [0.25, 0.3) is 0 Å². The fourth-order valence-corrected chi connectivity index (χ4v) is 2.31. The Balaban J connectivity index is 1.72. The lowest BCUT2D eigenvalue weighted by Gasteiger charge is -2.10. The van der Waals surface area contributed by atoms with Gasteiger partial charge in [0, 0.05) is 5.69 Å². The maximum absolute atomic E-state index is 11.8. The molecule has 7 heteroatoms. The zero-order chi connectivity index (χ0) is 19.8. The van der Waals surface area contributed by atoms with Gasteiger partial charge in [-0.05, 0) is 44.0 Å². The number of urea groups is 1. The lowest BCUT2D eigenvalue weighted by Crippen LogP contribution is -2.37. The van der Waals surface area contributed by atoms with E-state index in [0.717, 1.165) is 16.7 Å². The topological polar surface area (TPSA) is 93.7 Å². The van der Waals surface area contributed by atoms with Crippen LogP contribution in [0, 0.1) is 20.8 Å². The van der Waals surface area contributed by atoms with Crippen LogP contribution in [0.2, 0.25) is 0 Å². The number of carbonyl (C=O) groups is 3. The average molecular weight is 370 g/mol. The highest BCUT2D eigenvalue weighted by molar-refractivity contribution is 6.02. The summed E-state index contributed by atoms with van der Waals surface area (Å²) in [5, 5.41) is 4.67. The van der Waals surface area contributed by atoms with Crippen LogP contribution in [-0.2, 0) is 14.3 Å². The maximum atomic E-state index is 11.8. The molecule has 0 aliphatic carbocycles. The zero-order valence-corrected chi connectivity index (χ0v) is 15.5. The lowest BCUT2D eigenvalue weighted by atomic mass is 10.1. The van der Waals surface area contributed by atoms with Crippen LogP contribution in [0.1, 0.15) is 16.7 Å². The van der Waals surface area contributed by atoms with E-state index >= 15 is 0 Å². The number of hydrogen-bond acceptors (Lipinski definition) is 5. The van der Waals surface area contributed by atoms with Gasteiger partial charge in [0.1, 0.15) is 5.75 Å². The molecule has 0 radical (unpaired) electrons.